The minimum Gasteiger partial charge on any atom is -0.496 e. The van der Waals surface area contributed by atoms with Gasteiger partial charge in [-0.2, -0.15) is 0 Å². The van der Waals surface area contributed by atoms with Crippen molar-refractivity contribution in [2.45, 2.75) is 12.6 Å². The van der Waals surface area contributed by atoms with Crippen LogP contribution >= 0.6 is 0 Å². The van der Waals surface area contributed by atoms with Crippen LogP contribution in [0, 0.1) is 0 Å². The maximum atomic E-state index is 13.4. The van der Waals surface area contributed by atoms with Gasteiger partial charge in [0.1, 0.15) is 17.1 Å². The Balaban J connectivity index is 1.78. The third kappa shape index (κ3) is 2.64. The van der Waals surface area contributed by atoms with E-state index in [-0.39, 0.29) is 23.6 Å². The second kappa shape index (κ2) is 6.67. The number of para-hydroxylation sites is 2. The highest BCUT2D eigenvalue weighted by Gasteiger charge is 2.44. The number of furan rings is 1. The fourth-order valence-electron chi connectivity index (χ4n) is 3.92. The minimum absolute atomic E-state index is 0.0659. The molecule has 4 aromatic rings. The van der Waals surface area contributed by atoms with Crippen molar-refractivity contribution in [1.29, 1.82) is 0 Å². The summed E-state index contributed by atoms with van der Waals surface area (Å²) in [5.41, 5.74) is 1.22. The molecule has 6 heteroatoms. The van der Waals surface area contributed by atoms with Crippen LogP contribution < -0.4 is 10.2 Å². The molecule has 6 nitrogen and oxygen atoms in total. The molecule has 0 saturated carbocycles. The molecule has 1 aliphatic heterocycles. The number of benzene rings is 2. The van der Waals surface area contributed by atoms with E-state index >= 15 is 0 Å². The third-order valence-electron chi connectivity index (χ3n) is 5.21. The van der Waals surface area contributed by atoms with Crippen molar-refractivity contribution in [2.24, 2.45) is 0 Å². The number of methoxy groups -OCH3 is 1. The van der Waals surface area contributed by atoms with E-state index in [1.54, 1.807) is 54.7 Å². The fourth-order valence-corrected chi connectivity index (χ4v) is 3.92. The van der Waals surface area contributed by atoms with Crippen LogP contribution in [0.15, 0.2) is 80.6 Å². The number of hydrogen-bond donors (Lipinski definition) is 0. The SMILES string of the molecule is COc1ccccc1C1c2c(oc3ccccc3c2=O)C(=O)N1Cc1ccco1. The van der Waals surface area contributed by atoms with Crippen LogP contribution in [0.2, 0.25) is 0 Å². The van der Waals surface area contributed by atoms with Crippen LogP contribution in [0.5, 0.6) is 5.75 Å². The van der Waals surface area contributed by atoms with Crippen molar-refractivity contribution in [3.8, 4) is 5.75 Å². The lowest BCUT2D eigenvalue weighted by molar-refractivity contribution is 0.0700. The van der Waals surface area contributed by atoms with Gasteiger partial charge in [-0.1, -0.05) is 30.3 Å². The zero-order valence-electron chi connectivity index (χ0n) is 15.6. The number of nitrogens with zero attached hydrogens (tertiary/aromatic N) is 1. The summed E-state index contributed by atoms with van der Waals surface area (Å²) in [7, 11) is 1.57. The van der Waals surface area contributed by atoms with Crippen LogP contribution in [-0.4, -0.2) is 17.9 Å². The van der Waals surface area contributed by atoms with Crippen molar-refractivity contribution < 1.29 is 18.4 Å². The van der Waals surface area contributed by atoms with E-state index in [0.29, 0.717) is 28.0 Å². The van der Waals surface area contributed by atoms with Crippen molar-refractivity contribution in [3.63, 3.8) is 0 Å². The molecule has 1 amide bonds. The molecule has 0 radical (unpaired) electrons. The predicted molar refractivity (Wildman–Crippen MR) is 106 cm³/mol. The van der Waals surface area contributed by atoms with E-state index in [1.807, 2.05) is 24.3 Å². The van der Waals surface area contributed by atoms with Gasteiger partial charge in [0, 0.05) is 5.56 Å². The standard InChI is InChI=1S/C23H17NO5/c1-27-17-10-4-2-8-15(17)20-19-21(25)16-9-3-5-11-18(16)29-22(19)23(26)24(20)13-14-7-6-12-28-14/h2-12,20H,13H2,1H3. The molecule has 1 aliphatic rings. The third-order valence-corrected chi connectivity index (χ3v) is 5.21. The molecule has 5 rings (SSSR count). The largest absolute Gasteiger partial charge is 0.496 e. The molecule has 0 spiro atoms. The predicted octanol–water partition coefficient (Wildman–Crippen LogP) is 4.14. The maximum absolute atomic E-state index is 13.4. The van der Waals surface area contributed by atoms with Gasteiger partial charge in [0.15, 0.2) is 5.43 Å². The maximum Gasteiger partial charge on any atom is 0.291 e. The smallest absolute Gasteiger partial charge is 0.291 e. The van der Waals surface area contributed by atoms with Gasteiger partial charge in [-0.3, -0.25) is 9.59 Å². The Morgan fingerprint density at radius 2 is 1.79 bits per heavy atom. The number of rotatable bonds is 4. The average Bonchev–Trinajstić information content (AvgIpc) is 3.36. The molecule has 0 aliphatic carbocycles. The molecule has 0 fully saturated rings. The van der Waals surface area contributed by atoms with Gasteiger partial charge in [-0.25, -0.2) is 0 Å². The fraction of sp³-hybridized carbons (Fsp3) is 0.130. The summed E-state index contributed by atoms with van der Waals surface area (Å²) in [5.74, 6) is 0.921. The van der Waals surface area contributed by atoms with Crippen molar-refractivity contribution in [3.05, 3.63) is 99.8 Å². The van der Waals surface area contributed by atoms with Gasteiger partial charge in [0.2, 0.25) is 5.76 Å². The summed E-state index contributed by atoms with van der Waals surface area (Å²) in [6, 6.07) is 17.2. The highest BCUT2D eigenvalue weighted by molar-refractivity contribution is 5.99. The normalized spacial score (nSPS) is 15.7. The Morgan fingerprint density at radius 1 is 1.00 bits per heavy atom. The Labute approximate surface area is 165 Å². The van der Waals surface area contributed by atoms with Crippen molar-refractivity contribution >= 4 is 16.9 Å². The number of hydrogen-bond acceptors (Lipinski definition) is 5. The lowest BCUT2D eigenvalue weighted by Gasteiger charge is -2.25. The van der Waals surface area contributed by atoms with Crippen LogP contribution in [-0.2, 0) is 6.54 Å². The van der Waals surface area contributed by atoms with E-state index in [1.165, 1.54) is 0 Å². The Hall–Kier alpha value is -3.80. The number of amides is 1. The van der Waals surface area contributed by atoms with E-state index in [2.05, 4.69) is 0 Å². The summed E-state index contributed by atoms with van der Waals surface area (Å²) >= 11 is 0. The summed E-state index contributed by atoms with van der Waals surface area (Å²) in [4.78, 5) is 28.3. The molecule has 1 atom stereocenters. The van der Waals surface area contributed by atoms with Gasteiger partial charge in [0.05, 0.1) is 36.9 Å². The zero-order valence-corrected chi connectivity index (χ0v) is 15.6. The average molecular weight is 387 g/mol. The van der Waals surface area contributed by atoms with Crippen LogP contribution in [0.3, 0.4) is 0 Å². The monoisotopic (exact) mass is 387 g/mol. The Morgan fingerprint density at radius 3 is 2.59 bits per heavy atom. The first kappa shape index (κ1) is 17.3. The minimum atomic E-state index is -0.639. The number of fused-ring (bicyclic) bond motifs is 2. The molecular weight excluding hydrogens is 370 g/mol. The van der Waals surface area contributed by atoms with E-state index in [0.717, 1.165) is 5.56 Å². The number of carbonyl (C=O) groups is 1. The molecule has 0 saturated heterocycles. The molecule has 144 valence electrons. The van der Waals surface area contributed by atoms with Crippen LogP contribution in [0.1, 0.15) is 33.5 Å². The summed E-state index contributed by atoms with van der Waals surface area (Å²) in [6.07, 6.45) is 1.55. The second-order valence-electron chi connectivity index (χ2n) is 6.83. The van der Waals surface area contributed by atoms with Gasteiger partial charge in [-0.05, 0) is 30.3 Å². The van der Waals surface area contributed by atoms with Gasteiger partial charge < -0.3 is 18.5 Å². The molecule has 2 aromatic carbocycles. The first-order valence-electron chi connectivity index (χ1n) is 9.21. The van der Waals surface area contributed by atoms with E-state index < -0.39 is 6.04 Å². The summed E-state index contributed by atoms with van der Waals surface area (Å²) in [6.45, 7) is 0.203. The molecule has 0 bridgehead atoms. The number of carbonyl (C=O) groups excluding carboxylic acids is 1. The first-order valence-corrected chi connectivity index (χ1v) is 9.21. The topological polar surface area (TPSA) is 72.9 Å². The van der Waals surface area contributed by atoms with Gasteiger partial charge in [-0.15, -0.1) is 0 Å². The lowest BCUT2D eigenvalue weighted by Crippen LogP contribution is -2.29. The van der Waals surface area contributed by atoms with Gasteiger partial charge >= 0.3 is 0 Å². The summed E-state index contributed by atoms with van der Waals surface area (Å²) in [5, 5.41) is 0.443. The number of ether oxygens (including phenoxy) is 1. The molecular formula is C23H17NO5. The molecule has 2 aromatic heterocycles. The quantitative estimate of drug-likeness (QED) is 0.526. The highest BCUT2D eigenvalue weighted by atomic mass is 16.5. The van der Waals surface area contributed by atoms with Crippen molar-refractivity contribution in [2.75, 3.05) is 7.11 Å². The van der Waals surface area contributed by atoms with Gasteiger partial charge in [0.25, 0.3) is 5.91 Å². The van der Waals surface area contributed by atoms with E-state index in [4.69, 9.17) is 13.6 Å². The molecule has 3 heterocycles. The van der Waals surface area contributed by atoms with Crippen molar-refractivity contribution in [1.82, 2.24) is 4.90 Å². The lowest BCUT2D eigenvalue weighted by atomic mass is 9.97. The highest BCUT2D eigenvalue weighted by Crippen LogP contribution is 2.42. The first-order chi connectivity index (χ1) is 14.2. The van der Waals surface area contributed by atoms with E-state index in [9.17, 15) is 9.59 Å². The Bertz CT molecular complexity index is 1270. The van der Waals surface area contributed by atoms with Crippen LogP contribution in [0.25, 0.3) is 11.0 Å². The molecule has 1 unspecified atom stereocenters. The second-order valence-corrected chi connectivity index (χ2v) is 6.83. The molecule has 0 N–H and O–H groups in total. The zero-order chi connectivity index (χ0) is 20.0. The molecule has 29 heavy (non-hydrogen) atoms. The van der Waals surface area contributed by atoms with Crippen LogP contribution in [0.4, 0.5) is 0 Å². The summed E-state index contributed by atoms with van der Waals surface area (Å²) < 4.78 is 16.9. The Kier molecular flexibility index (Phi) is 3.98.